The van der Waals surface area contributed by atoms with Crippen LogP contribution in [0, 0.1) is 5.41 Å². The molecule has 2 heteroatoms. The average Bonchev–Trinajstić information content (AvgIpc) is 2.30. The molecule has 0 saturated carbocycles. The lowest BCUT2D eigenvalue weighted by molar-refractivity contribution is -0.122. The van der Waals surface area contributed by atoms with Crippen LogP contribution in [0.2, 0.25) is 0 Å². The van der Waals surface area contributed by atoms with Gasteiger partial charge in [0.15, 0.2) is 0 Å². The Morgan fingerprint density at radius 3 is 1.83 bits per heavy atom. The second-order valence-corrected chi connectivity index (χ2v) is 6.53. The van der Waals surface area contributed by atoms with Crippen LogP contribution in [0.5, 0.6) is 0 Å². The molecule has 1 atom stereocenters. The Balaban J connectivity index is 3.47. The van der Waals surface area contributed by atoms with Gasteiger partial charge in [-0.1, -0.05) is 72.6 Å². The fourth-order valence-electron chi connectivity index (χ4n) is 2.07. The van der Waals surface area contributed by atoms with E-state index in [1.54, 1.807) is 0 Å². The molecular formula is C16H33NO. The van der Waals surface area contributed by atoms with Gasteiger partial charge in [-0.2, -0.15) is 0 Å². The normalized spacial score (nSPS) is 13.6. The molecule has 0 aromatic heterocycles. The van der Waals surface area contributed by atoms with E-state index in [2.05, 4.69) is 6.92 Å². The smallest absolute Gasteiger partial charge is 0.150 e. The molecule has 0 aromatic carbocycles. The van der Waals surface area contributed by atoms with Crippen molar-refractivity contribution in [3.05, 3.63) is 0 Å². The van der Waals surface area contributed by atoms with E-state index in [0.717, 1.165) is 6.42 Å². The van der Waals surface area contributed by atoms with Gasteiger partial charge in [0.25, 0.3) is 0 Å². The summed E-state index contributed by atoms with van der Waals surface area (Å²) in [7, 11) is 0. The van der Waals surface area contributed by atoms with Crippen LogP contribution in [0.15, 0.2) is 0 Å². The van der Waals surface area contributed by atoms with Crippen LogP contribution >= 0.6 is 0 Å². The van der Waals surface area contributed by atoms with E-state index in [0.29, 0.717) is 6.42 Å². The number of Topliss-reactive ketones (excluding diaryl/α,β-unsaturated/α-hetero) is 1. The van der Waals surface area contributed by atoms with Gasteiger partial charge in [0, 0.05) is 6.42 Å². The molecule has 0 bridgehead atoms. The second kappa shape index (κ2) is 9.55. The van der Waals surface area contributed by atoms with Crippen molar-refractivity contribution in [1.29, 1.82) is 0 Å². The molecule has 0 heterocycles. The maximum atomic E-state index is 11.8. The highest BCUT2D eigenvalue weighted by molar-refractivity contribution is 5.84. The Bertz CT molecular complexity index is 218. The van der Waals surface area contributed by atoms with Crippen LogP contribution in [0.1, 0.15) is 85.5 Å². The molecule has 0 saturated heterocycles. The number of unbranched alkanes of at least 4 members (excludes halogenated alkanes) is 7. The maximum Gasteiger partial charge on any atom is 0.150 e. The van der Waals surface area contributed by atoms with Crippen molar-refractivity contribution < 1.29 is 4.79 Å². The number of carbonyl (C=O) groups is 1. The van der Waals surface area contributed by atoms with Gasteiger partial charge in [-0.25, -0.2) is 0 Å². The van der Waals surface area contributed by atoms with Crippen molar-refractivity contribution >= 4 is 5.78 Å². The third-order valence-electron chi connectivity index (χ3n) is 3.56. The molecule has 0 aliphatic rings. The topological polar surface area (TPSA) is 43.1 Å². The molecule has 0 aliphatic heterocycles. The predicted octanol–water partition coefficient (Wildman–Crippen LogP) is 4.46. The van der Waals surface area contributed by atoms with Gasteiger partial charge in [0.2, 0.25) is 0 Å². The predicted molar refractivity (Wildman–Crippen MR) is 79.7 cm³/mol. The highest BCUT2D eigenvalue weighted by Gasteiger charge is 2.26. The molecule has 2 N–H and O–H groups in total. The standard InChI is InChI=1S/C16H33NO/c1-5-6-7-8-9-10-11-12-13-14(18)15(17)16(2,3)4/h15H,5-13,17H2,1-4H3. The van der Waals surface area contributed by atoms with Crippen molar-refractivity contribution in [2.45, 2.75) is 91.5 Å². The zero-order chi connectivity index (χ0) is 14.0. The lowest BCUT2D eigenvalue weighted by Crippen LogP contribution is -2.42. The van der Waals surface area contributed by atoms with E-state index in [9.17, 15) is 4.79 Å². The summed E-state index contributed by atoms with van der Waals surface area (Å²) in [5.74, 6) is 0.230. The first-order chi connectivity index (χ1) is 8.39. The van der Waals surface area contributed by atoms with Crippen molar-refractivity contribution in [3.63, 3.8) is 0 Å². The van der Waals surface area contributed by atoms with Crippen LogP contribution < -0.4 is 5.73 Å². The van der Waals surface area contributed by atoms with Crippen molar-refractivity contribution in [1.82, 2.24) is 0 Å². The first-order valence-electron chi connectivity index (χ1n) is 7.68. The fourth-order valence-corrected chi connectivity index (χ4v) is 2.07. The summed E-state index contributed by atoms with van der Waals surface area (Å²) in [6.45, 7) is 8.33. The molecule has 0 radical (unpaired) electrons. The van der Waals surface area contributed by atoms with E-state index in [4.69, 9.17) is 5.73 Å². The maximum absolute atomic E-state index is 11.8. The van der Waals surface area contributed by atoms with E-state index in [1.807, 2.05) is 20.8 Å². The first-order valence-corrected chi connectivity index (χ1v) is 7.68. The summed E-state index contributed by atoms with van der Waals surface area (Å²) in [4.78, 5) is 11.8. The van der Waals surface area contributed by atoms with Gasteiger partial charge < -0.3 is 5.73 Å². The lowest BCUT2D eigenvalue weighted by atomic mass is 9.83. The van der Waals surface area contributed by atoms with E-state index in [1.165, 1.54) is 44.9 Å². The third-order valence-corrected chi connectivity index (χ3v) is 3.56. The highest BCUT2D eigenvalue weighted by Crippen LogP contribution is 2.20. The van der Waals surface area contributed by atoms with Crippen LogP contribution in [0.3, 0.4) is 0 Å². The van der Waals surface area contributed by atoms with Crippen LogP contribution in [-0.4, -0.2) is 11.8 Å². The number of hydrogen-bond acceptors (Lipinski definition) is 2. The van der Waals surface area contributed by atoms with Gasteiger partial charge in [-0.05, 0) is 11.8 Å². The van der Waals surface area contributed by atoms with Crippen molar-refractivity contribution in [3.8, 4) is 0 Å². The molecule has 0 spiro atoms. The molecule has 0 fully saturated rings. The first kappa shape index (κ1) is 17.6. The molecule has 0 aliphatic carbocycles. The SMILES string of the molecule is CCCCCCCCCCC(=O)C(N)C(C)(C)C. The van der Waals surface area contributed by atoms with Crippen LogP contribution in [-0.2, 0) is 4.79 Å². The molecule has 0 aromatic rings. The van der Waals surface area contributed by atoms with Crippen LogP contribution in [0.4, 0.5) is 0 Å². The van der Waals surface area contributed by atoms with Crippen LogP contribution in [0.25, 0.3) is 0 Å². The minimum Gasteiger partial charge on any atom is -0.321 e. The zero-order valence-corrected chi connectivity index (χ0v) is 12.9. The second-order valence-electron chi connectivity index (χ2n) is 6.53. The van der Waals surface area contributed by atoms with Gasteiger partial charge in [-0.15, -0.1) is 0 Å². The Kier molecular flexibility index (Phi) is 9.35. The summed E-state index contributed by atoms with van der Waals surface area (Å²) >= 11 is 0. The van der Waals surface area contributed by atoms with Crippen molar-refractivity contribution in [2.24, 2.45) is 11.1 Å². The van der Waals surface area contributed by atoms with Gasteiger partial charge in [-0.3, -0.25) is 4.79 Å². The zero-order valence-electron chi connectivity index (χ0n) is 12.9. The number of rotatable bonds is 10. The Morgan fingerprint density at radius 2 is 1.39 bits per heavy atom. The molecular weight excluding hydrogens is 222 g/mol. The summed E-state index contributed by atoms with van der Waals surface area (Å²) in [6, 6.07) is -0.304. The minimum absolute atomic E-state index is 0.1000. The van der Waals surface area contributed by atoms with Gasteiger partial charge in [0.05, 0.1) is 6.04 Å². The fraction of sp³-hybridized carbons (Fsp3) is 0.938. The summed E-state index contributed by atoms with van der Waals surface area (Å²) in [5.41, 5.74) is 5.84. The monoisotopic (exact) mass is 255 g/mol. The number of carbonyl (C=O) groups excluding carboxylic acids is 1. The average molecular weight is 255 g/mol. The van der Waals surface area contributed by atoms with E-state index < -0.39 is 0 Å². The van der Waals surface area contributed by atoms with Gasteiger partial charge >= 0.3 is 0 Å². The summed E-state index contributed by atoms with van der Waals surface area (Å²) in [6.07, 6.45) is 10.8. The minimum atomic E-state index is -0.304. The van der Waals surface area contributed by atoms with E-state index >= 15 is 0 Å². The highest BCUT2D eigenvalue weighted by atomic mass is 16.1. The summed E-state index contributed by atoms with van der Waals surface area (Å²) in [5, 5.41) is 0. The molecule has 18 heavy (non-hydrogen) atoms. The number of ketones is 1. The Hall–Kier alpha value is -0.370. The Morgan fingerprint density at radius 1 is 0.944 bits per heavy atom. The molecule has 0 amide bonds. The molecule has 2 nitrogen and oxygen atoms in total. The molecule has 108 valence electrons. The van der Waals surface area contributed by atoms with E-state index in [-0.39, 0.29) is 17.2 Å². The Labute approximate surface area is 114 Å². The third kappa shape index (κ3) is 8.68. The molecule has 1 unspecified atom stereocenters. The summed E-state index contributed by atoms with van der Waals surface area (Å²) < 4.78 is 0. The number of hydrogen-bond donors (Lipinski definition) is 1. The lowest BCUT2D eigenvalue weighted by Gasteiger charge is -2.25. The largest absolute Gasteiger partial charge is 0.321 e. The van der Waals surface area contributed by atoms with Crippen molar-refractivity contribution in [2.75, 3.05) is 0 Å². The van der Waals surface area contributed by atoms with Gasteiger partial charge in [0.1, 0.15) is 5.78 Å². The molecule has 0 rings (SSSR count). The number of nitrogens with two attached hydrogens (primary N) is 1. The quantitative estimate of drug-likeness (QED) is 0.586.